The van der Waals surface area contributed by atoms with Gasteiger partial charge in [0.1, 0.15) is 0 Å². The summed E-state index contributed by atoms with van der Waals surface area (Å²) in [5, 5.41) is 2.87. The molecular formula is C27H32N2O2. The second-order valence-electron chi connectivity index (χ2n) is 8.75. The van der Waals surface area contributed by atoms with Crippen LogP contribution in [0.1, 0.15) is 48.9 Å². The van der Waals surface area contributed by atoms with Gasteiger partial charge in [0.15, 0.2) is 0 Å². The van der Waals surface area contributed by atoms with E-state index >= 15 is 0 Å². The maximum absolute atomic E-state index is 11.7. The number of likely N-dealkylation sites (tertiary alicyclic amines) is 1. The van der Waals surface area contributed by atoms with E-state index in [9.17, 15) is 4.79 Å². The number of rotatable bonds is 5. The first-order chi connectivity index (χ1) is 15.1. The quantitative estimate of drug-likeness (QED) is 0.601. The first kappa shape index (κ1) is 21.4. The minimum Gasteiger partial charge on any atom is -0.449 e. The first-order valence-electron chi connectivity index (χ1n) is 11.3. The van der Waals surface area contributed by atoms with Gasteiger partial charge in [-0.25, -0.2) is 4.79 Å². The molecule has 1 saturated heterocycles. The van der Waals surface area contributed by atoms with E-state index < -0.39 is 0 Å². The normalized spacial score (nSPS) is 16.0. The Morgan fingerprint density at radius 2 is 1.55 bits per heavy atom. The molecule has 1 aliphatic carbocycles. The molecule has 1 fully saturated rings. The zero-order chi connectivity index (χ0) is 21.6. The van der Waals surface area contributed by atoms with Gasteiger partial charge < -0.3 is 15.0 Å². The van der Waals surface area contributed by atoms with Crippen molar-refractivity contribution in [3.05, 3.63) is 76.4 Å². The summed E-state index contributed by atoms with van der Waals surface area (Å²) in [7, 11) is 0. The van der Waals surface area contributed by atoms with Crippen LogP contribution in [-0.4, -0.2) is 43.8 Å². The number of fused-ring (bicyclic) bond motifs is 2. The molecule has 0 spiro atoms. The Kier molecular flexibility index (Phi) is 6.88. The second-order valence-corrected chi connectivity index (χ2v) is 8.75. The van der Waals surface area contributed by atoms with Gasteiger partial charge >= 0.3 is 6.09 Å². The second kappa shape index (κ2) is 9.97. The Bertz CT molecular complexity index is 929. The van der Waals surface area contributed by atoms with Crippen LogP contribution < -0.4 is 5.32 Å². The topological polar surface area (TPSA) is 41.6 Å². The van der Waals surface area contributed by atoms with E-state index in [0.29, 0.717) is 19.1 Å². The third-order valence-corrected chi connectivity index (χ3v) is 5.96. The van der Waals surface area contributed by atoms with Gasteiger partial charge in [0.25, 0.3) is 0 Å². The largest absolute Gasteiger partial charge is 0.449 e. The highest BCUT2D eigenvalue weighted by Gasteiger charge is 2.22. The molecule has 1 heterocycles. The van der Waals surface area contributed by atoms with E-state index in [1.165, 1.54) is 33.4 Å². The summed E-state index contributed by atoms with van der Waals surface area (Å²) in [6.45, 7) is 8.04. The summed E-state index contributed by atoms with van der Waals surface area (Å²) in [6.07, 6.45) is 6.26. The minimum atomic E-state index is -0.312. The monoisotopic (exact) mass is 416 g/mol. The van der Waals surface area contributed by atoms with Gasteiger partial charge in [-0.1, -0.05) is 80.1 Å². The lowest BCUT2D eigenvalue weighted by atomic mass is 9.86. The van der Waals surface area contributed by atoms with Crippen molar-refractivity contribution < 1.29 is 9.53 Å². The van der Waals surface area contributed by atoms with E-state index in [4.69, 9.17) is 4.74 Å². The number of carbonyl (C=O) groups excluding carboxylic acids is 1. The van der Waals surface area contributed by atoms with Crippen LogP contribution in [0.15, 0.2) is 54.1 Å². The Balaban J connectivity index is 1.44. The van der Waals surface area contributed by atoms with Crippen molar-refractivity contribution in [2.45, 2.75) is 26.7 Å². The van der Waals surface area contributed by atoms with E-state index in [2.05, 4.69) is 70.9 Å². The maximum Gasteiger partial charge on any atom is 0.407 e. The Labute approximate surface area is 185 Å². The lowest BCUT2D eigenvalue weighted by Crippen LogP contribution is -2.38. The molecule has 162 valence electrons. The van der Waals surface area contributed by atoms with E-state index in [1.807, 2.05) is 13.8 Å². The molecule has 1 amide bonds. The molecule has 4 nitrogen and oxygen atoms in total. The van der Waals surface area contributed by atoms with Crippen LogP contribution in [0.2, 0.25) is 0 Å². The summed E-state index contributed by atoms with van der Waals surface area (Å²) in [5.74, 6) is 0.355. The number of benzene rings is 2. The van der Waals surface area contributed by atoms with E-state index in [1.54, 1.807) is 0 Å². The summed E-state index contributed by atoms with van der Waals surface area (Å²) < 4.78 is 5.19. The molecule has 4 heteroatoms. The SMILES string of the molecule is CC(C)COC(=O)NCCN1CCC(=C2c3ccccc3C=Cc3ccccc32)CC1. The number of ether oxygens (including phenoxy) is 1. The molecule has 1 aliphatic heterocycles. The van der Waals surface area contributed by atoms with Crippen molar-refractivity contribution in [1.29, 1.82) is 0 Å². The average molecular weight is 417 g/mol. The van der Waals surface area contributed by atoms with Crippen molar-refractivity contribution in [2.24, 2.45) is 5.92 Å². The minimum absolute atomic E-state index is 0.312. The van der Waals surface area contributed by atoms with Crippen LogP contribution in [0.3, 0.4) is 0 Å². The standard InChI is InChI=1S/C27H32N2O2/c1-20(2)19-31-27(30)28-15-18-29-16-13-23(14-17-29)26-24-9-5-3-7-21(24)11-12-22-8-4-6-10-25(22)26/h3-12,20H,13-19H2,1-2H3,(H,28,30). The van der Waals surface area contributed by atoms with Gasteiger partial charge in [0.2, 0.25) is 0 Å². The number of nitrogens with zero attached hydrogens (tertiary/aromatic N) is 1. The lowest BCUT2D eigenvalue weighted by molar-refractivity contribution is 0.131. The molecular weight excluding hydrogens is 384 g/mol. The number of hydrogen-bond donors (Lipinski definition) is 1. The third-order valence-electron chi connectivity index (χ3n) is 5.96. The van der Waals surface area contributed by atoms with Gasteiger partial charge in [-0.05, 0) is 46.6 Å². The molecule has 0 radical (unpaired) electrons. The predicted octanol–water partition coefficient (Wildman–Crippen LogP) is 5.45. The van der Waals surface area contributed by atoms with Gasteiger partial charge in [-0.15, -0.1) is 0 Å². The lowest BCUT2D eigenvalue weighted by Gasteiger charge is -2.30. The van der Waals surface area contributed by atoms with Gasteiger partial charge in [-0.2, -0.15) is 0 Å². The number of carbonyl (C=O) groups is 1. The molecule has 2 aliphatic rings. The summed E-state index contributed by atoms with van der Waals surface area (Å²) in [5.41, 5.74) is 8.18. The van der Waals surface area contributed by atoms with Gasteiger partial charge in [-0.3, -0.25) is 0 Å². The zero-order valence-corrected chi connectivity index (χ0v) is 18.6. The Morgan fingerprint density at radius 1 is 0.968 bits per heavy atom. The third kappa shape index (κ3) is 5.26. The number of piperidine rings is 1. The van der Waals surface area contributed by atoms with Crippen molar-refractivity contribution in [3.63, 3.8) is 0 Å². The molecule has 0 atom stereocenters. The van der Waals surface area contributed by atoms with E-state index in [0.717, 1.165) is 32.5 Å². The Hall–Kier alpha value is -2.85. The highest BCUT2D eigenvalue weighted by molar-refractivity contribution is 5.94. The van der Waals surface area contributed by atoms with Gasteiger partial charge in [0, 0.05) is 26.2 Å². The van der Waals surface area contributed by atoms with E-state index in [-0.39, 0.29) is 6.09 Å². The maximum atomic E-state index is 11.7. The summed E-state index contributed by atoms with van der Waals surface area (Å²) in [4.78, 5) is 14.2. The zero-order valence-electron chi connectivity index (χ0n) is 18.6. The molecule has 0 aromatic heterocycles. The summed E-state index contributed by atoms with van der Waals surface area (Å²) in [6, 6.07) is 17.4. The van der Waals surface area contributed by atoms with Crippen molar-refractivity contribution in [3.8, 4) is 0 Å². The molecule has 2 aromatic carbocycles. The van der Waals surface area contributed by atoms with Crippen LogP contribution >= 0.6 is 0 Å². The fraction of sp³-hybridized carbons (Fsp3) is 0.370. The molecule has 31 heavy (non-hydrogen) atoms. The van der Waals surface area contributed by atoms with Crippen molar-refractivity contribution in [2.75, 3.05) is 32.8 Å². The number of alkyl carbamates (subject to hydrolysis) is 1. The smallest absolute Gasteiger partial charge is 0.407 e. The van der Waals surface area contributed by atoms with Crippen LogP contribution in [0.4, 0.5) is 4.79 Å². The molecule has 1 N–H and O–H groups in total. The van der Waals surface area contributed by atoms with Crippen LogP contribution in [-0.2, 0) is 4.74 Å². The highest BCUT2D eigenvalue weighted by Crippen LogP contribution is 2.38. The number of nitrogens with one attached hydrogen (secondary N) is 1. The predicted molar refractivity (Wildman–Crippen MR) is 128 cm³/mol. The van der Waals surface area contributed by atoms with Gasteiger partial charge in [0.05, 0.1) is 6.61 Å². The van der Waals surface area contributed by atoms with Crippen LogP contribution in [0, 0.1) is 5.92 Å². The fourth-order valence-electron chi connectivity index (χ4n) is 4.35. The number of hydrogen-bond acceptors (Lipinski definition) is 3. The first-order valence-corrected chi connectivity index (χ1v) is 11.3. The molecule has 0 unspecified atom stereocenters. The van der Waals surface area contributed by atoms with Crippen LogP contribution in [0.25, 0.3) is 17.7 Å². The molecule has 2 aromatic rings. The fourth-order valence-corrected chi connectivity index (χ4v) is 4.35. The molecule has 0 bridgehead atoms. The highest BCUT2D eigenvalue weighted by atomic mass is 16.5. The average Bonchev–Trinajstić information content (AvgIpc) is 2.95. The number of amides is 1. The molecule has 0 saturated carbocycles. The van der Waals surface area contributed by atoms with Crippen molar-refractivity contribution >= 4 is 23.8 Å². The molecule has 4 rings (SSSR count). The van der Waals surface area contributed by atoms with Crippen molar-refractivity contribution in [1.82, 2.24) is 10.2 Å². The van der Waals surface area contributed by atoms with Crippen LogP contribution in [0.5, 0.6) is 0 Å². The summed E-state index contributed by atoms with van der Waals surface area (Å²) >= 11 is 0. The Morgan fingerprint density at radius 3 is 2.13 bits per heavy atom.